The van der Waals surface area contributed by atoms with Crippen molar-refractivity contribution in [3.63, 3.8) is 0 Å². The molecule has 0 aromatic heterocycles. The number of imide groups is 1. The van der Waals surface area contributed by atoms with Gasteiger partial charge >= 0.3 is 6.03 Å². The van der Waals surface area contributed by atoms with Crippen LogP contribution in [0.2, 0.25) is 0 Å². The third-order valence-corrected chi connectivity index (χ3v) is 3.08. The lowest BCUT2D eigenvalue weighted by atomic mass is 10.1. The van der Waals surface area contributed by atoms with Crippen molar-refractivity contribution in [2.45, 2.75) is 13.0 Å². The van der Waals surface area contributed by atoms with Gasteiger partial charge in [-0.25, -0.2) is 4.79 Å². The average Bonchev–Trinajstić information content (AvgIpc) is 2.55. The van der Waals surface area contributed by atoms with Crippen LogP contribution in [0, 0.1) is 0 Å². The molecule has 0 bridgehead atoms. The Morgan fingerprint density at radius 2 is 1.62 bits per heavy atom. The van der Waals surface area contributed by atoms with Crippen molar-refractivity contribution in [3.05, 3.63) is 60.2 Å². The second kappa shape index (κ2) is 7.77. The number of hydrogen-bond acceptors (Lipinski definition) is 4. The summed E-state index contributed by atoms with van der Waals surface area (Å²) < 4.78 is 5.49. The highest BCUT2D eigenvalue weighted by atomic mass is 16.5. The summed E-state index contributed by atoms with van der Waals surface area (Å²) in [5, 5.41) is 4.67. The monoisotopic (exact) mass is 327 g/mol. The van der Waals surface area contributed by atoms with Crippen LogP contribution < -0.4 is 21.1 Å². The molecule has 0 aliphatic rings. The van der Waals surface area contributed by atoms with Crippen LogP contribution in [-0.4, -0.2) is 23.9 Å². The number of primary amides is 1. The van der Waals surface area contributed by atoms with Crippen LogP contribution in [0.15, 0.2) is 54.6 Å². The third kappa shape index (κ3) is 4.57. The third-order valence-electron chi connectivity index (χ3n) is 3.08. The predicted molar refractivity (Wildman–Crippen MR) is 88.7 cm³/mol. The zero-order valence-corrected chi connectivity index (χ0v) is 13.0. The van der Waals surface area contributed by atoms with Gasteiger partial charge in [0, 0.05) is 5.69 Å². The van der Waals surface area contributed by atoms with E-state index in [1.807, 2.05) is 11.4 Å². The number of anilines is 1. The molecule has 24 heavy (non-hydrogen) atoms. The van der Waals surface area contributed by atoms with E-state index in [1.54, 1.807) is 48.5 Å². The zero-order chi connectivity index (χ0) is 17.5. The molecule has 0 unspecified atom stereocenters. The fourth-order valence-electron chi connectivity index (χ4n) is 1.94. The van der Waals surface area contributed by atoms with Gasteiger partial charge in [-0.15, -0.1) is 0 Å². The highest BCUT2D eigenvalue weighted by Crippen LogP contribution is 2.21. The van der Waals surface area contributed by atoms with E-state index in [-0.39, 0.29) is 17.2 Å². The van der Waals surface area contributed by atoms with E-state index in [9.17, 15) is 14.4 Å². The van der Waals surface area contributed by atoms with Gasteiger partial charge in [0.15, 0.2) is 6.10 Å². The van der Waals surface area contributed by atoms with Gasteiger partial charge in [-0.05, 0) is 31.2 Å². The molecule has 2 aromatic rings. The van der Waals surface area contributed by atoms with E-state index in [0.717, 1.165) is 0 Å². The fourth-order valence-corrected chi connectivity index (χ4v) is 1.94. The molecule has 4 N–H and O–H groups in total. The standard InChI is InChI=1S/C17H17N3O4/c1-11(15(21)20-17(18)23)24-14-10-6-5-9-13(14)16(22)19-12-7-3-2-4-8-12/h2-11H,1H3,(H,19,22)(H3,18,20,21,23)/t11-/m1/s1. The number of nitrogens with one attached hydrogen (secondary N) is 2. The molecule has 2 aromatic carbocycles. The van der Waals surface area contributed by atoms with Gasteiger partial charge in [0.1, 0.15) is 5.75 Å². The van der Waals surface area contributed by atoms with E-state index in [4.69, 9.17) is 10.5 Å². The molecule has 0 fully saturated rings. The van der Waals surface area contributed by atoms with Crippen LogP contribution in [0.4, 0.5) is 10.5 Å². The minimum absolute atomic E-state index is 0.220. The molecular weight excluding hydrogens is 310 g/mol. The summed E-state index contributed by atoms with van der Waals surface area (Å²) in [6.07, 6.45) is -0.997. The highest BCUT2D eigenvalue weighted by Gasteiger charge is 2.19. The Bertz CT molecular complexity index is 747. The summed E-state index contributed by atoms with van der Waals surface area (Å²) in [6, 6.07) is 14.5. The van der Waals surface area contributed by atoms with E-state index in [1.165, 1.54) is 6.92 Å². The molecular formula is C17H17N3O4. The number of carbonyl (C=O) groups is 3. The van der Waals surface area contributed by atoms with E-state index in [0.29, 0.717) is 5.69 Å². The van der Waals surface area contributed by atoms with Crippen molar-refractivity contribution in [1.29, 1.82) is 0 Å². The van der Waals surface area contributed by atoms with Gasteiger partial charge < -0.3 is 15.8 Å². The molecule has 0 aliphatic carbocycles. The zero-order valence-electron chi connectivity index (χ0n) is 13.0. The molecule has 124 valence electrons. The lowest BCUT2D eigenvalue weighted by molar-refractivity contribution is -0.126. The quantitative estimate of drug-likeness (QED) is 0.779. The minimum Gasteiger partial charge on any atom is -0.480 e. The normalized spacial score (nSPS) is 11.2. The number of urea groups is 1. The SMILES string of the molecule is C[C@@H](Oc1ccccc1C(=O)Nc1ccccc1)C(=O)NC(N)=O. The van der Waals surface area contributed by atoms with Crippen LogP contribution in [0.5, 0.6) is 5.75 Å². The number of amides is 4. The lowest BCUT2D eigenvalue weighted by Crippen LogP contribution is -2.42. The summed E-state index contributed by atoms with van der Waals surface area (Å²) in [6.45, 7) is 1.45. The highest BCUT2D eigenvalue weighted by molar-refractivity contribution is 6.06. The lowest BCUT2D eigenvalue weighted by Gasteiger charge is -2.16. The summed E-state index contributed by atoms with van der Waals surface area (Å²) in [5.74, 6) is -0.849. The van der Waals surface area contributed by atoms with Crippen LogP contribution in [0.25, 0.3) is 0 Å². The first-order valence-corrected chi connectivity index (χ1v) is 7.19. The molecule has 1 atom stereocenters. The second-order valence-corrected chi connectivity index (χ2v) is 4.93. The van der Waals surface area contributed by atoms with Gasteiger partial charge in [0.25, 0.3) is 11.8 Å². The van der Waals surface area contributed by atoms with Crippen molar-refractivity contribution in [2.24, 2.45) is 5.73 Å². The Balaban J connectivity index is 2.13. The van der Waals surface area contributed by atoms with Crippen molar-refractivity contribution >= 4 is 23.5 Å². The Morgan fingerprint density at radius 3 is 2.29 bits per heavy atom. The predicted octanol–water partition coefficient (Wildman–Crippen LogP) is 1.90. The van der Waals surface area contributed by atoms with Crippen molar-refractivity contribution in [3.8, 4) is 5.75 Å². The number of hydrogen-bond donors (Lipinski definition) is 3. The van der Waals surface area contributed by atoms with Gasteiger partial charge in [0.2, 0.25) is 0 Å². The van der Waals surface area contributed by atoms with E-state index in [2.05, 4.69) is 5.32 Å². The number of benzene rings is 2. The molecule has 0 saturated heterocycles. The molecule has 0 spiro atoms. The molecule has 4 amide bonds. The molecule has 0 saturated carbocycles. The summed E-state index contributed by atoms with van der Waals surface area (Å²) in [4.78, 5) is 34.8. The van der Waals surface area contributed by atoms with Crippen LogP contribution in [0.1, 0.15) is 17.3 Å². The number of rotatable bonds is 5. The first-order chi connectivity index (χ1) is 11.5. The number of carbonyl (C=O) groups excluding carboxylic acids is 3. The van der Waals surface area contributed by atoms with Crippen LogP contribution in [0.3, 0.4) is 0 Å². The van der Waals surface area contributed by atoms with E-state index >= 15 is 0 Å². The van der Waals surface area contributed by atoms with Gasteiger partial charge in [-0.2, -0.15) is 0 Å². The number of ether oxygens (including phenoxy) is 1. The summed E-state index contributed by atoms with van der Waals surface area (Å²) in [5.41, 5.74) is 5.80. The fraction of sp³-hybridized carbons (Fsp3) is 0.118. The van der Waals surface area contributed by atoms with Crippen molar-refractivity contribution < 1.29 is 19.1 Å². The Kier molecular flexibility index (Phi) is 5.51. The molecule has 0 heterocycles. The van der Waals surface area contributed by atoms with Crippen molar-refractivity contribution in [2.75, 3.05) is 5.32 Å². The average molecular weight is 327 g/mol. The Morgan fingerprint density at radius 1 is 1.00 bits per heavy atom. The van der Waals surface area contributed by atoms with Gasteiger partial charge in [-0.1, -0.05) is 30.3 Å². The first-order valence-electron chi connectivity index (χ1n) is 7.19. The summed E-state index contributed by atoms with van der Waals surface area (Å²) in [7, 11) is 0. The summed E-state index contributed by atoms with van der Waals surface area (Å²) >= 11 is 0. The Labute approximate surface area is 138 Å². The van der Waals surface area contributed by atoms with Crippen LogP contribution in [-0.2, 0) is 4.79 Å². The van der Waals surface area contributed by atoms with Crippen molar-refractivity contribution in [1.82, 2.24) is 5.32 Å². The molecule has 0 radical (unpaired) electrons. The van der Waals surface area contributed by atoms with E-state index < -0.39 is 18.0 Å². The maximum atomic E-state index is 12.4. The largest absolute Gasteiger partial charge is 0.480 e. The maximum Gasteiger partial charge on any atom is 0.318 e. The Hall–Kier alpha value is -3.35. The second-order valence-electron chi connectivity index (χ2n) is 4.93. The van der Waals surface area contributed by atoms with Crippen LogP contribution >= 0.6 is 0 Å². The maximum absolute atomic E-state index is 12.4. The molecule has 0 aliphatic heterocycles. The number of nitrogens with two attached hydrogens (primary N) is 1. The topological polar surface area (TPSA) is 111 Å². The molecule has 2 rings (SSSR count). The number of para-hydroxylation sites is 2. The minimum atomic E-state index is -0.997. The van der Waals surface area contributed by atoms with Gasteiger partial charge in [-0.3, -0.25) is 14.9 Å². The van der Waals surface area contributed by atoms with Gasteiger partial charge in [0.05, 0.1) is 5.56 Å². The first kappa shape index (κ1) is 17.0. The smallest absolute Gasteiger partial charge is 0.318 e. The molecule has 7 nitrogen and oxygen atoms in total. The molecule has 7 heteroatoms.